The van der Waals surface area contributed by atoms with Gasteiger partial charge >= 0.3 is 0 Å². The van der Waals surface area contributed by atoms with Crippen molar-refractivity contribution in [3.8, 4) is 11.8 Å². The lowest BCUT2D eigenvalue weighted by Crippen LogP contribution is -2.20. The fraction of sp³-hybridized carbons (Fsp3) is 0.0833. The molecule has 3 aromatic carbocycles. The zero-order chi connectivity index (χ0) is 24.0. The van der Waals surface area contributed by atoms with Crippen molar-refractivity contribution in [3.63, 3.8) is 0 Å². The summed E-state index contributed by atoms with van der Waals surface area (Å²) >= 11 is 6.89. The first-order valence-electron chi connectivity index (χ1n) is 9.62. The summed E-state index contributed by atoms with van der Waals surface area (Å²) in [6.45, 7) is 1.75. The van der Waals surface area contributed by atoms with Crippen molar-refractivity contribution < 1.29 is 14.5 Å². The largest absolute Gasteiger partial charge is 0.481 e. The number of hydrogen-bond acceptors (Lipinski definition) is 5. The van der Waals surface area contributed by atoms with Crippen molar-refractivity contribution in [3.05, 3.63) is 96.4 Å². The number of rotatable bonds is 7. The van der Waals surface area contributed by atoms with Crippen molar-refractivity contribution in [2.45, 2.75) is 6.92 Å². The smallest absolute Gasteiger partial charge is 0.269 e. The molecule has 3 aromatic rings. The first-order chi connectivity index (χ1) is 15.8. The van der Waals surface area contributed by atoms with Gasteiger partial charge in [0, 0.05) is 17.8 Å². The Labute approximate surface area is 207 Å². The number of non-ortho nitro benzene ring substituents is 1. The van der Waals surface area contributed by atoms with E-state index in [9.17, 15) is 20.2 Å². The highest BCUT2D eigenvalue weighted by molar-refractivity contribution is 9.11. The lowest BCUT2D eigenvalue weighted by molar-refractivity contribution is -0.384. The summed E-state index contributed by atoms with van der Waals surface area (Å²) in [4.78, 5) is 22.6. The fourth-order valence-electron chi connectivity index (χ4n) is 2.97. The molecular formula is C24H17Br2N3O4. The van der Waals surface area contributed by atoms with Crippen molar-refractivity contribution >= 4 is 60.8 Å². The third-order valence-electron chi connectivity index (χ3n) is 4.49. The summed E-state index contributed by atoms with van der Waals surface area (Å²) in [6, 6.07) is 18.8. The van der Waals surface area contributed by atoms with Crippen LogP contribution in [0.2, 0.25) is 0 Å². The van der Waals surface area contributed by atoms with Crippen LogP contribution in [0, 0.1) is 28.4 Å². The summed E-state index contributed by atoms with van der Waals surface area (Å²) in [5, 5.41) is 23.2. The Morgan fingerprint density at radius 2 is 1.82 bits per heavy atom. The summed E-state index contributed by atoms with van der Waals surface area (Å²) in [5.74, 6) is 0.147. The minimum Gasteiger partial charge on any atom is -0.481 e. The topological polar surface area (TPSA) is 105 Å². The molecule has 0 saturated heterocycles. The minimum absolute atomic E-state index is 0.0468. The van der Waals surface area contributed by atoms with Crippen LogP contribution in [0.1, 0.15) is 16.7 Å². The summed E-state index contributed by atoms with van der Waals surface area (Å²) in [6.07, 6.45) is 1.66. The van der Waals surface area contributed by atoms with Gasteiger partial charge in [0.1, 0.15) is 5.75 Å². The van der Waals surface area contributed by atoms with Crippen LogP contribution in [-0.2, 0) is 4.79 Å². The number of ether oxygens (including phenoxy) is 1. The molecule has 9 heteroatoms. The van der Waals surface area contributed by atoms with E-state index in [1.165, 1.54) is 24.3 Å². The van der Waals surface area contributed by atoms with Crippen LogP contribution in [0.15, 0.2) is 69.6 Å². The first-order valence-corrected chi connectivity index (χ1v) is 11.2. The zero-order valence-corrected chi connectivity index (χ0v) is 20.5. The molecule has 0 bridgehead atoms. The second kappa shape index (κ2) is 10.9. The average Bonchev–Trinajstić information content (AvgIpc) is 2.77. The van der Waals surface area contributed by atoms with E-state index in [0.29, 0.717) is 37.1 Å². The maximum absolute atomic E-state index is 12.2. The number of hydrogen-bond donors (Lipinski definition) is 1. The lowest BCUT2D eigenvalue weighted by Gasteiger charge is -2.12. The van der Waals surface area contributed by atoms with Crippen LogP contribution in [0.25, 0.3) is 11.6 Å². The molecule has 1 N–H and O–H groups in total. The Hall–Kier alpha value is -3.48. The zero-order valence-electron chi connectivity index (χ0n) is 17.3. The number of aryl methyl sites for hydroxylation is 1. The highest BCUT2D eigenvalue weighted by Crippen LogP contribution is 2.36. The van der Waals surface area contributed by atoms with Gasteiger partial charge in [-0.3, -0.25) is 14.9 Å². The van der Waals surface area contributed by atoms with Crippen molar-refractivity contribution in [2.75, 3.05) is 11.9 Å². The van der Waals surface area contributed by atoms with Gasteiger partial charge in [-0.1, -0.05) is 12.1 Å². The fourth-order valence-corrected chi connectivity index (χ4v) is 4.42. The van der Waals surface area contributed by atoms with Crippen LogP contribution in [0.5, 0.6) is 5.75 Å². The number of allylic oxidation sites excluding steroid dienone is 1. The van der Waals surface area contributed by atoms with Crippen molar-refractivity contribution in [1.29, 1.82) is 5.26 Å². The van der Waals surface area contributed by atoms with E-state index >= 15 is 0 Å². The molecule has 166 valence electrons. The Kier molecular flexibility index (Phi) is 7.98. The van der Waals surface area contributed by atoms with E-state index in [1.54, 1.807) is 24.3 Å². The molecule has 7 nitrogen and oxygen atoms in total. The number of carbonyl (C=O) groups excluding carboxylic acids is 1. The van der Waals surface area contributed by atoms with E-state index < -0.39 is 4.92 Å². The Balaban J connectivity index is 1.74. The first kappa shape index (κ1) is 24.2. The van der Waals surface area contributed by atoms with Crippen LogP contribution in [-0.4, -0.2) is 17.4 Å². The lowest BCUT2D eigenvalue weighted by atomic mass is 10.0. The number of nitro benzene ring substituents is 1. The number of benzene rings is 3. The van der Waals surface area contributed by atoms with Crippen molar-refractivity contribution in [1.82, 2.24) is 0 Å². The van der Waals surface area contributed by atoms with Gasteiger partial charge in [-0.25, -0.2) is 0 Å². The van der Waals surface area contributed by atoms with Gasteiger partial charge in [0.05, 0.1) is 25.5 Å². The Morgan fingerprint density at radius 3 is 2.39 bits per heavy atom. The van der Waals surface area contributed by atoms with Crippen LogP contribution < -0.4 is 10.1 Å². The molecule has 3 rings (SSSR count). The van der Waals surface area contributed by atoms with Crippen LogP contribution in [0.4, 0.5) is 11.4 Å². The number of carbonyl (C=O) groups is 1. The molecule has 0 aliphatic rings. The number of nitriles is 1. The third kappa shape index (κ3) is 6.51. The summed E-state index contributed by atoms with van der Waals surface area (Å²) in [5.41, 5.74) is 3.28. The van der Waals surface area contributed by atoms with Gasteiger partial charge in [-0.15, -0.1) is 0 Å². The molecule has 0 aromatic heterocycles. The normalized spacial score (nSPS) is 10.9. The van der Waals surface area contributed by atoms with E-state index in [2.05, 4.69) is 43.2 Å². The van der Waals surface area contributed by atoms with E-state index in [4.69, 9.17) is 4.74 Å². The SMILES string of the molecule is Cc1cccc(NC(=O)COc2c(Br)cc(/C=C(\C#N)c3ccc([N+](=O)[O-])cc3)cc2Br)c1. The van der Waals surface area contributed by atoms with Gasteiger partial charge in [-0.05, 0) is 97.9 Å². The van der Waals surface area contributed by atoms with Gasteiger partial charge in [0.2, 0.25) is 0 Å². The van der Waals surface area contributed by atoms with E-state index in [-0.39, 0.29) is 18.2 Å². The second-order valence-corrected chi connectivity index (χ2v) is 8.70. The van der Waals surface area contributed by atoms with E-state index in [1.807, 2.05) is 25.1 Å². The molecule has 0 heterocycles. The summed E-state index contributed by atoms with van der Waals surface area (Å²) < 4.78 is 6.86. The molecule has 1 amide bonds. The molecule has 0 radical (unpaired) electrons. The van der Waals surface area contributed by atoms with Gasteiger partial charge in [-0.2, -0.15) is 5.26 Å². The number of nitrogens with one attached hydrogen (secondary N) is 1. The second-order valence-electron chi connectivity index (χ2n) is 6.99. The Bertz CT molecular complexity index is 1260. The molecule has 0 spiro atoms. The number of nitrogens with zero attached hydrogens (tertiary/aromatic N) is 2. The molecule has 0 saturated carbocycles. The van der Waals surface area contributed by atoms with Gasteiger partial charge in [0.15, 0.2) is 6.61 Å². The number of anilines is 1. The van der Waals surface area contributed by atoms with Gasteiger partial charge < -0.3 is 10.1 Å². The van der Waals surface area contributed by atoms with Crippen molar-refractivity contribution in [2.24, 2.45) is 0 Å². The van der Waals surface area contributed by atoms with E-state index in [0.717, 1.165) is 5.56 Å². The maximum atomic E-state index is 12.2. The average molecular weight is 571 g/mol. The molecule has 0 unspecified atom stereocenters. The molecular weight excluding hydrogens is 554 g/mol. The molecule has 0 aliphatic heterocycles. The molecule has 0 aliphatic carbocycles. The highest BCUT2D eigenvalue weighted by Gasteiger charge is 2.13. The number of nitro groups is 1. The van der Waals surface area contributed by atoms with Crippen LogP contribution >= 0.6 is 31.9 Å². The maximum Gasteiger partial charge on any atom is 0.269 e. The predicted molar refractivity (Wildman–Crippen MR) is 134 cm³/mol. The predicted octanol–water partition coefficient (Wildman–Crippen LogP) is 6.51. The molecule has 0 atom stereocenters. The number of halogens is 2. The third-order valence-corrected chi connectivity index (χ3v) is 5.67. The van der Waals surface area contributed by atoms with Gasteiger partial charge in [0.25, 0.3) is 11.6 Å². The minimum atomic E-state index is -0.492. The highest BCUT2D eigenvalue weighted by atomic mass is 79.9. The summed E-state index contributed by atoms with van der Waals surface area (Å²) in [7, 11) is 0. The quantitative estimate of drug-likeness (QED) is 0.151. The monoisotopic (exact) mass is 569 g/mol. The Morgan fingerprint density at radius 1 is 1.15 bits per heavy atom. The molecule has 33 heavy (non-hydrogen) atoms. The standard InChI is InChI=1S/C24H17Br2N3O4/c1-15-3-2-4-19(9-15)28-23(30)14-33-24-21(25)11-16(12-22(24)26)10-18(13-27)17-5-7-20(8-6-17)29(31)32/h2-12H,14H2,1H3,(H,28,30)/b18-10+. The number of amides is 1. The molecule has 0 fully saturated rings. The van der Waals surface area contributed by atoms with Crippen LogP contribution in [0.3, 0.4) is 0 Å².